The number of benzene rings is 2. The average Bonchev–Trinajstić information content (AvgIpc) is 2.42. The van der Waals surface area contributed by atoms with Gasteiger partial charge < -0.3 is 10.2 Å². The largest absolute Gasteiger partial charge is 0.378 e. The van der Waals surface area contributed by atoms with E-state index in [0.717, 1.165) is 15.8 Å². The number of hydrogen-bond acceptors (Lipinski definition) is 2. The third kappa shape index (κ3) is 3.52. The summed E-state index contributed by atoms with van der Waals surface area (Å²) in [5.41, 5.74) is 2.35. The Morgan fingerprint density at radius 1 is 1.15 bits per heavy atom. The molecule has 0 saturated heterocycles. The number of rotatable bonds is 3. The number of carbonyl (C=O) groups excluding carboxylic acids is 1. The van der Waals surface area contributed by atoms with Gasteiger partial charge in [-0.1, -0.05) is 11.6 Å². The van der Waals surface area contributed by atoms with Crippen LogP contribution in [0.2, 0.25) is 5.02 Å². The molecular weight excluding hydrogens is 340 g/mol. The zero-order valence-electron chi connectivity index (χ0n) is 11.2. The molecule has 0 radical (unpaired) electrons. The number of amides is 1. The van der Waals surface area contributed by atoms with Crippen LogP contribution in [0.4, 0.5) is 11.4 Å². The van der Waals surface area contributed by atoms with Crippen LogP contribution in [0, 0.1) is 0 Å². The van der Waals surface area contributed by atoms with Gasteiger partial charge in [0.1, 0.15) is 0 Å². The molecule has 0 spiro atoms. The smallest absolute Gasteiger partial charge is 0.255 e. The summed E-state index contributed by atoms with van der Waals surface area (Å²) >= 11 is 9.28. The molecule has 5 heteroatoms. The fourth-order valence-corrected chi connectivity index (χ4v) is 2.11. The molecule has 20 heavy (non-hydrogen) atoms. The Bertz CT molecular complexity index is 626. The highest BCUT2D eigenvalue weighted by Crippen LogP contribution is 2.24. The molecule has 3 nitrogen and oxygen atoms in total. The van der Waals surface area contributed by atoms with E-state index in [9.17, 15) is 4.79 Å². The van der Waals surface area contributed by atoms with Crippen LogP contribution in [0.3, 0.4) is 0 Å². The zero-order valence-corrected chi connectivity index (χ0v) is 13.5. The second-order valence-corrected chi connectivity index (χ2v) is 5.79. The standard InChI is InChI=1S/C15H14BrClN2O/c1-19(2)12-6-4-11(5-7-12)18-15(20)10-3-8-13(16)14(17)9-10/h3-9H,1-2H3,(H,18,20). The molecule has 1 amide bonds. The fourth-order valence-electron chi connectivity index (χ4n) is 1.68. The highest BCUT2D eigenvalue weighted by molar-refractivity contribution is 9.10. The molecule has 0 aliphatic carbocycles. The van der Waals surface area contributed by atoms with Gasteiger partial charge in [-0.3, -0.25) is 4.79 Å². The highest BCUT2D eigenvalue weighted by Gasteiger charge is 2.08. The lowest BCUT2D eigenvalue weighted by molar-refractivity contribution is 0.102. The van der Waals surface area contributed by atoms with E-state index in [-0.39, 0.29) is 5.91 Å². The van der Waals surface area contributed by atoms with E-state index in [0.29, 0.717) is 10.6 Å². The van der Waals surface area contributed by atoms with Crippen molar-refractivity contribution in [1.82, 2.24) is 0 Å². The van der Waals surface area contributed by atoms with E-state index in [4.69, 9.17) is 11.6 Å². The second-order valence-electron chi connectivity index (χ2n) is 4.52. The van der Waals surface area contributed by atoms with E-state index < -0.39 is 0 Å². The third-order valence-electron chi connectivity index (χ3n) is 2.82. The molecule has 0 aliphatic heterocycles. The summed E-state index contributed by atoms with van der Waals surface area (Å²) < 4.78 is 0.769. The molecule has 0 heterocycles. The Morgan fingerprint density at radius 2 is 1.80 bits per heavy atom. The zero-order chi connectivity index (χ0) is 14.7. The van der Waals surface area contributed by atoms with Gasteiger partial charge in [0.05, 0.1) is 5.02 Å². The Kier molecular flexibility index (Phi) is 4.68. The van der Waals surface area contributed by atoms with Gasteiger partial charge in [-0.2, -0.15) is 0 Å². The predicted octanol–water partition coefficient (Wildman–Crippen LogP) is 4.42. The van der Waals surface area contributed by atoms with E-state index in [1.54, 1.807) is 18.2 Å². The van der Waals surface area contributed by atoms with Gasteiger partial charge in [0.2, 0.25) is 0 Å². The molecule has 0 bridgehead atoms. The van der Waals surface area contributed by atoms with Crippen LogP contribution < -0.4 is 10.2 Å². The summed E-state index contributed by atoms with van der Waals surface area (Å²) in [5, 5.41) is 3.35. The molecule has 0 unspecified atom stereocenters. The highest BCUT2D eigenvalue weighted by atomic mass is 79.9. The van der Waals surface area contributed by atoms with Gasteiger partial charge >= 0.3 is 0 Å². The van der Waals surface area contributed by atoms with Gasteiger partial charge in [0.25, 0.3) is 5.91 Å². The van der Waals surface area contributed by atoms with Crippen LogP contribution in [0.1, 0.15) is 10.4 Å². The molecule has 2 aromatic carbocycles. The van der Waals surface area contributed by atoms with Gasteiger partial charge in [-0.15, -0.1) is 0 Å². The predicted molar refractivity (Wildman–Crippen MR) is 87.9 cm³/mol. The van der Waals surface area contributed by atoms with Crippen molar-refractivity contribution in [3.63, 3.8) is 0 Å². The normalized spacial score (nSPS) is 10.2. The first-order chi connectivity index (χ1) is 9.47. The number of hydrogen-bond donors (Lipinski definition) is 1. The lowest BCUT2D eigenvalue weighted by atomic mass is 10.2. The lowest BCUT2D eigenvalue weighted by Crippen LogP contribution is -2.12. The minimum Gasteiger partial charge on any atom is -0.378 e. The molecule has 2 rings (SSSR count). The monoisotopic (exact) mass is 352 g/mol. The quantitative estimate of drug-likeness (QED) is 0.886. The topological polar surface area (TPSA) is 32.3 Å². The van der Waals surface area contributed by atoms with Crippen molar-refractivity contribution in [2.75, 3.05) is 24.3 Å². The summed E-state index contributed by atoms with van der Waals surface area (Å²) in [4.78, 5) is 14.1. The molecule has 1 N–H and O–H groups in total. The van der Waals surface area contributed by atoms with Gasteiger partial charge in [0, 0.05) is 35.5 Å². The third-order valence-corrected chi connectivity index (χ3v) is 4.06. The minimum atomic E-state index is -0.183. The van der Waals surface area contributed by atoms with Crippen LogP contribution in [0.25, 0.3) is 0 Å². The van der Waals surface area contributed by atoms with Crippen LogP contribution >= 0.6 is 27.5 Å². The molecule has 0 atom stereocenters. The van der Waals surface area contributed by atoms with Crippen LogP contribution in [-0.4, -0.2) is 20.0 Å². The first-order valence-electron chi connectivity index (χ1n) is 6.01. The maximum absolute atomic E-state index is 12.1. The first kappa shape index (κ1) is 14.9. The van der Waals surface area contributed by atoms with E-state index in [2.05, 4.69) is 21.2 Å². The molecule has 0 fully saturated rings. The van der Waals surface area contributed by atoms with Crippen molar-refractivity contribution in [1.29, 1.82) is 0 Å². The van der Waals surface area contributed by atoms with Crippen molar-refractivity contribution >= 4 is 44.8 Å². The maximum Gasteiger partial charge on any atom is 0.255 e. The number of halogens is 2. The molecule has 104 valence electrons. The Morgan fingerprint density at radius 3 is 2.35 bits per heavy atom. The van der Waals surface area contributed by atoms with Gasteiger partial charge in [-0.05, 0) is 58.4 Å². The van der Waals surface area contributed by atoms with Crippen molar-refractivity contribution in [2.45, 2.75) is 0 Å². The molecule has 2 aromatic rings. The van der Waals surface area contributed by atoms with E-state index in [1.807, 2.05) is 43.3 Å². The van der Waals surface area contributed by atoms with E-state index in [1.165, 1.54) is 0 Å². The van der Waals surface area contributed by atoms with Crippen molar-refractivity contribution in [3.8, 4) is 0 Å². The second kappa shape index (κ2) is 6.29. The van der Waals surface area contributed by atoms with Crippen LogP contribution in [0.15, 0.2) is 46.9 Å². The Balaban J connectivity index is 2.12. The number of nitrogens with zero attached hydrogens (tertiary/aromatic N) is 1. The van der Waals surface area contributed by atoms with Crippen molar-refractivity contribution < 1.29 is 4.79 Å². The summed E-state index contributed by atoms with van der Waals surface area (Å²) in [6, 6.07) is 12.7. The first-order valence-corrected chi connectivity index (χ1v) is 7.18. The average molecular weight is 354 g/mol. The SMILES string of the molecule is CN(C)c1ccc(NC(=O)c2ccc(Br)c(Cl)c2)cc1. The number of nitrogens with one attached hydrogen (secondary N) is 1. The van der Waals surface area contributed by atoms with Crippen molar-refractivity contribution in [2.24, 2.45) is 0 Å². The Hall–Kier alpha value is -1.52. The fraction of sp³-hybridized carbons (Fsp3) is 0.133. The van der Waals surface area contributed by atoms with Gasteiger partial charge in [0.15, 0.2) is 0 Å². The summed E-state index contributed by atoms with van der Waals surface area (Å²) in [6.07, 6.45) is 0. The van der Waals surface area contributed by atoms with Crippen LogP contribution in [-0.2, 0) is 0 Å². The van der Waals surface area contributed by atoms with Crippen molar-refractivity contribution in [3.05, 3.63) is 57.5 Å². The van der Waals surface area contributed by atoms with Gasteiger partial charge in [-0.25, -0.2) is 0 Å². The van der Waals surface area contributed by atoms with E-state index >= 15 is 0 Å². The summed E-state index contributed by atoms with van der Waals surface area (Å²) in [5.74, 6) is -0.183. The Labute approximate surface area is 131 Å². The molecule has 0 aliphatic rings. The maximum atomic E-state index is 12.1. The molecule has 0 saturated carbocycles. The minimum absolute atomic E-state index is 0.183. The summed E-state index contributed by atoms with van der Waals surface area (Å²) in [6.45, 7) is 0. The molecular formula is C15H14BrClN2O. The lowest BCUT2D eigenvalue weighted by Gasteiger charge is -2.13. The number of carbonyl (C=O) groups is 1. The number of anilines is 2. The molecule has 0 aromatic heterocycles. The summed E-state index contributed by atoms with van der Waals surface area (Å²) in [7, 11) is 3.94. The van der Waals surface area contributed by atoms with Crippen LogP contribution in [0.5, 0.6) is 0 Å².